The van der Waals surface area contributed by atoms with E-state index in [4.69, 9.17) is 5.10 Å². The van der Waals surface area contributed by atoms with Crippen LogP contribution in [0.2, 0.25) is 0 Å². The normalized spacial score (nSPS) is 15.8. The van der Waals surface area contributed by atoms with Gasteiger partial charge in [0.1, 0.15) is 11.5 Å². The highest BCUT2D eigenvalue weighted by molar-refractivity contribution is 5.92. The predicted octanol–water partition coefficient (Wildman–Crippen LogP) is 4.68. The molecule has 32 heavy (non-hydrogen) atoms. The maximum atomic E-state index is 13.5. The molecule has 164 valence electrons. The summed E-state index contributed by atoms with van der Waals surface area (Å²) < 4.78 is 15.5. The minimum absolute atomic E-state index is 0.251. The van der Waals surface area contributed by atoms with Gasteiger partial charge in [-0.25, -0.2) is 8.91 Å². The van der Waals surface area contributed by atoms with Crippen LogP contribution in [0.25, 0.3) is 27.9 Å². The van der Waals surface area contributed by atoms with Crippen LogP contribution in [0.3, 0.4) is 0 Å². The third-order valence-electron chi connectivity index (χ3n) is 6.50. The number of hydrogen-bond donors (Lipinski definition) is 2. The lowest BCUT2D eigenvalue weighted by molar-refractivity contribution is 0.292. The fraction of sp³-hybridized carbons (Fsp3) is 0.308. The van der Waals surface area contributed by atoms with Crippen molar-refractivity contribution in [2.24, 2.45) is 5.92 Å². The van der Waals surface area contributed by atoms with E-state index >= 15 is 0 Å². The maximum absolute atomic E-state index is 13.5. The third-order valence-corrected chi connectivity index (χ3v) is 6.50. The van der Waals surface area contributed by atoms with Crippen LogP contribution in [0.1, 0.15) is 25.3 Å². The van der Waals surface area contributed by atoms with Gasteiger partial charge in [0.15, 0.2) is 0 Å². The lowest BCUT2D eigenvalue weighted by atomic mass is 9.91. The van der Waals surface area contributed by atoms with Crippen LogP contribution < -0.4 is 10.6 Å². The van der Waals surface area contributed by atoms with Gasteiger partial charge in [0.05, 0.1) is 5.52 Å². The van der Waals surface area contributed by atoms with Gasteiger partial charge < -0.3 is 10.6 Å². The number of halogens is 1. The first-order valence-corrected chi connectivity index (χ1v) is 11.3. The smallest absolute Gasteiger partial charge is 0.123 e. The SMILES string of the molecule is C[C@H](NCc1ccc2c(-c3ccncc3)c(-c3ccc(F)cc3)nn2c1)C1CCNCC1. The molecule has 0 saturated carbocycles. The summed E-state index contributed by atoms with van der Waals surface area (Å²) in [6, 6.07) is 15.3. The molecule has 5 rings (SSSR count). The Labute approximate surface area is 187 Å². The van der Waals surface area contributed by atoms with Gasteiger partial charge in [-0.3, -0.25) is 4.98 Å². The van der Waals surface area contributed by atoms with Crippen molar-refractivity contribution in [3.05, 3.63) is 78.5 Å². The van der Waals surface area contributed by atoms with Crippen molar-refractivity contribution >= 4 is 5.52 Å². The summed E-state index contributed by atoms with van der Waals surface area (Å²) in [5.41, 5.74) is 6.00. The van der Waals surface area contributed by atoms with Crippen molar-refractivity contribution < 1.29 is 4.39 Å². The summed E-state index contributed by atoms with van der Waals surface area (Å²) in [5, 5.41) is 12.0. The number of aromatic nitrogens is 3. The van der Waals surface area contributed by atoms with Crippen LogP contribution in [0.4, 0.5) is 4.39 Å². The van der Waals surface area contributed by atoms with Crippen molar-refractivity contribution in [1.29, 1.82) is 0 Å². The van der Waals surface area contributed by atoms with Crippen molar-refractivity contribution in [1.82, 2.24) is 25.2 Å². The average Bonchev–Trinajstić information content (AvgIpc) is 3.23. The topological polar surface area (TPSA) is 54.2 Å². The van der Waals surface area contributed by atoms with Crippen LogP contribution in [-0.4, -0.2) is 33.7 Å². The first-order chi connectivity index (χ1) is 15.7. The predicted molar refractivity (Wildman–Crippen MR) is 126 cm³/mol. The number of hydrogen-bond acceptors (Lipinski definition) is 4. The van der Waals surface area contributed by atoms with E-state index in [1.54, 1.807) is 24.5 Å². The molecule has 0 radical (unpaired) electrons. The first-order valence-electron chi connectivity index (χ1n) is 11.3. The molecule has 1 atom stereocenters. The Kier molecular flexibility index (Phi) is 5.97. The Balaban J connectivity index is 1.47. The molecular weight excluding hydrogens is 401 g/mol. The Morgan fingerprint density at radius 1 is 1.03 bits per heavy atom. The van der Waals surface area contributed by atoms with E-state index in [0.717, 1.165) is 47.5 Å². The number of piperidine rings is 1. The second-order valence-corrected chi connectivity index (χ2v) is 8.59. The Bertz CT molecular complexity index is 1180. The molecule has 0 bridgehead atoms. The average molecular weight is 430 g/mol. The lowest BCUT2D eigenvalue weighted by Gasteiger charge is -2.29. The van der Waals surface area contributed by atoms with Crippen molar-refractivity contribution in [3.63, 3.8) is 0 Å². The molecule has 1 aliphatic rings. The van der Waals surface area contributed by atoms with Gasteiger partial charge in [0.2, 0.25) is 0 Å². The highest BCUT2D eigenvalue weighted by atomic mass is 19.1. The van der Waals surface area contributed by atoms with Crippen molar-refractivity contribution in [3.8, 4) is 22.4 Å². The largest absolute Gasteiger partial charge is 0.317 e. The molecule has 1 fully saturated rings. The molecule has 0 unspecified atom stereocenters. The first kappa shape index (κ1) is 20.8. The Morgan fingerprint density at radius 2 is 1.78 bits per heavy atom. The van der Waals surface area contributed by atoms with Gasteiger partial charge in [0.25, 0.3) is 0 Å². The van der Waals surface area contributed by atoms with E-state index in [0.29, 0.717) is 12.0 Å². The number of benzene rings is 1. The maximum Gasteiger partial charge on any atom is 0.123 e. The highest BCUT2D eigenvalue weighted by Crippen LogP contribution is 2.35. The molecule has 0 spiro atoms. The van der Waals surface area contributed by atoms with Gasteiger partial charge in [0, 0.05) is 42.3 Å². The Morgan fingerprint density at radius 3 is 2.53 bits per heavy atom. The fourth-order valence-corrected chi connectivity index (χ4v) is 4.60. The van der Waals surface area contributed by atoms with Crippen LogP contribution in [0.5, 0.6) is 0 Å². The number of nitrogens with zero attached hydrogens (tertiary/aromatic N) is 3. The molecule has 4 aromatic rings. The van der Waals surface area contributed by atoms with Crippen LogP contribution in [-0.2, 0) is 6.54 Å². The summed E-state index contributed by atoms with van der Waals surface area (Å²) in [6.45, 7) is 5.31. The molecule has 0 amide bonds. The van der Waals surface area contributed by atoms with Gasteiger partial charge in [-0.1, -0.05) is 6.07 Å². The number of pyridine rings is 2. The molecule has 2 N–H and O–H groups in total. The highest BCUT2D eigenvalue weighted by Gasteiger charge is 2.20. The summed E-state index contributed by atoms with van der Waals surface area (Å²) in [4.78, 5) is 4.15. The second-order valence-electron chi connectivity index (χ2n) is 8.59. The van der Waals surface area contributed by atoms with E-state index in [9.17, 15) is 4.39 Å². The second kappa shape index (κ2) is 9.18. The minimum Gasteiger partial charge on any atom is -0.317 e. The van der Waals surface area contributed by atoms with E-state index in [-0.39, 0.29) is 5.82 Å². The molecule has 1 aromatic carbocycles. The quantitative estimate of drug-likeness (QED) is 0.467. The zero-order valence-electron chi connectivity index (χ0n) is 18.3. The zero-order chi connectivity index (χ0) is 21.9. The molecule has 6 heteroatoms. The molecule has 1 saturated heterocycles. The summed E-state index contributed by atoms with van der Waals surface area (Å²) in [7, 11) is 0. The van der Waals surface area contributed by atoms with E-state index < -0.39 is 0 Å². The van der Waals surface area contributed by atoms with E-state index in [1.165, 1.54) is 30.5 Å². The molecule has 1 aliphatic heterocycles. The van der Waals surface area contributed by atoms with E-state index in [1.807, 2.05) is 16.6 Å². The summed E-state index contributed by atoms with van der Waals surface area (Å²) >= 11 is 0. The molecule has 4 heterocycles. The number of fused-ring (bicyclic) bond motifs is 1. The van der Waals surface area contributed by atoms with Gasteiger partial charge in [-0.2, -0.15) is 5.10 Å². The third kappa shape index (κ3) is 4.29. The summed E-state index contributed by atoms with van der Waals surface area (Å²) in [6.07, 6.45) is 8.11. The van der Waals surface area contributed by atoms with Crippen LogP contribution in [0.15, 0.2) is 67.1 Å². The van der Waals surface area contributed by atoms with Gasteiger partial charge >= 0.3 is 0 Å². The van der Waals surface area contributed by atoms with Crippen LogP contribution in [0, 0.1) is 11.7 Å². The standard InChI is InChI=1S/C26H28FN5/c1-18(20-8-12-28-13-9-20)30-16-19-2-7-24-25(21-10-14-29-15-11-21)26(31-32(24)17-19)22-3-5-23(27)6-4-22/h2-7,10-11,14-15,17-18,20,28,30H,8-9,12-13,16H2,1H3/t18-/m0/s1. The molecule has 5 nitrogen and oxygen atoms in total. The molecular formula is C26H28FN5. The van der Waals surface area contributed by atoms with E-state index in [2.05, 4.69) is 40.9 Å². The van der Waals surface area contributed by atoms with Gasteiger partial charge in [-0.15, -0.1) is 0 Å². The number of rotatable bonds is 6. The Hall–Kier alpha value is -3.09. The van der Waals surface area contributed by atoms with Crippen molar-refractivity contribution in [2.45, 2.75) is 32.4 Å². The molecule has 3 aromatic heterocycles. The monoisotopic (exact) mass is 429 g/mol. The zero-order valence-corrected chi connectivity index (χ0v) is 18.3. The number of nitrogens with one attached hydrogen (secondary N) is 2. The van der Waals surface area contributed by atoms with Gasteiger partial charge in [-0.05, 0) is 92.4 Å². The fourth-order valence-electron chi connectivity index (χ4n) is 4.60. The lowest BCUT2D eigenvalue weighted by Crippen LogP contribution is -2.39. The van der Waals surface area contributed by atoms with Crippen LogP contribution >= 0.6 is 0 Å². The molecule has 0 aliphatic carbocycles. The minimum atomic E-state index is -0.251. The summed E-state index contributed by atoms with van der Waals surface area (Å²) in [5.74, 6) is 0.465. The van der Waals surface area contributed by atoms with Crippen molar-refractivity contribution in [2.75, 3.05) is 13.1 Å².